The molecule has 0 spiro atoms. The van der Waals surface area contributed by atoms with Gasteiger partial charge in [0.25, 0.3) is 0 Å². The summed E-state index contributed by atoms with van der Waals surface area (Å²) >= 11 is 0. The molecular weight excluding hydrogens is 576 g/mol. The molecule has 0 radical (unpaired) electrons. The van der Waals surface area contributed by atoms with Crippen molar-refractivity contribution in [3.8, 4) is 0 Å². The van der Waals surface area contributed by atoms with Gasteiger partial charge in [-0.3, -0.25) is 4.79 Å². The van der Waals surface area contributed by atoms with Crippen LogP contribution in [0.15, 0.2) is 107 Å². The summed E-state index contributed by atoms with van der Waals surface area (Å²) in [6.07, 6.45) is 10.6. The Morgan fingerprint density at radius 1 is 0.848 bits per heavy atom. The summed E-state index contributed by atoms with van der Waals surface area (Å²) in [5, 5.41) is 0. The molecule has 4 aliphatic carbocycles. The number of carbonyl (C=O) groups is 3. The molecule has 8 atom stereocenters. The van der Waals surface area contributed by atoms with E-state index in [2.05, 4.69) is 39.0 Å². The lowest BCUT2D eigenvalue weighted by Crippen LogP contribution is -2.70. The SMILES string of the molecule is CC1(C)C(=O)C=C[C@]2(C)[C@H]3CC[C@]4(C)C(=CC[C@H]4c4ccoc4)[C@]3(C)[C@H](OC(=O)c3ccccc3)[C@H](OC(=O)c3ccccc3)[C@@H]12. The molecule has 0 bridgehead atoms. The minimum Gasteiger partial charge on any atom is -0.472 e. The Morgan fingerprint density at radius 2 is 1.48 bits per heavy atom. The van der Waals surface area contributed by atoms with E-state index in [0.29, 0.717) is 11.1 Å². The van der Waals surface area contributed by atoms with Gasteiger partial charge in [0.15, 0.2) is 5.78 Å². The number of ether oxygens (including phenoxy) is 2. The van der Waals surface area contributed by atoms with Gasteiger partial charge in [-0.05, 0) is 83.9 Å². The van der Waals surface area contributed by atoms with Gasteiger partial charge in [0.05, 0.1) is 23.7 Å². The number of esters is 2. The van der Waals surface area contributed by atoms with Gasteiger partial charge in [-0.2, -0.15) is 0 Å². The quantitative estimate of drug-likeness (QED) is 0.211. The highest BCUT2D eigenvalue weighted by atomic mass is 16.6. The number of rotatable bonds is 5. The average Bonchev–Trinajstić information content (AvgIpc) is 3.70. The minimum absolute atomic E-state index is 0.0105. The first kappa shape index (κ1) is 30.5. The highest BCUT2D eigenvalue weighted by molar-refractivity contribution is 5.96. The van der Waals surface area contributed by atoms with Gasteiger partial charge in [0.2, 0.25) is 0 Å². The highest BCUT2D eigenvalue weighted by Crippen LogP contribution is 2.73. The van der Waals surface area contributed by atoms with Gasteiger partial charge in [-0.25, -0.2) is 9.59 Å². The Balaban J connectivity index is 1.42. The van der Waals surface area contributed by atoms with E-state index < -0.39 is 46.3 Å². The van der Waals surface area contributed by atoms with Crippen molar-refractivity contribution in [3.05, 3.63) is 120 Å². The molecule has 7 rings (SSSR count). The van der Waals surface area contributed by atoms with E-state index in [1.807, 2.05) is 44.4 Å². The van der Waals surface area contributed by atoms with Crippen LogP contribution in [0.2, 0.25) is 0 Å². The Labute approximate surface area is 270 Å². The van der Waals surface area contributed by atoms with Crippen molar-refractivity contribution in [2.24, 2.45) is 33.5 Å². The molecule has 2 saturated carbocycles. The monoisotopic (exact) mass is 618 g/mol. The van der Waals surface area contributed by atoms with E-state index in [1.165, 1.54) is 5.57 Å². The third-order valence-electron chi connectivity index (χ3n) is 12.3. The van der Waals surface area contributed by atoms with Crippen molar-refractivity contribution in [1.82, 2.24) is 0 Å². The second kappa shape index (κ2) is 10.7. The lowest BCUT2D eigenvalue weighted by atomic mass is 9.37. The van der Waals surface area contributed by atoms with Crippen LogP contribution in [-0.4, -0.2) is 29.9 Å². The molecule has 0 aliphatic heterocycles. The molecular formula is C40H42O6. The third-order valence-corrected chi connectivity index (χ3v) is 12.3. The molecule has 6 heteroatoms. The van der Waals surface area contributed by atoms with E-state index >= 15 is 0 Å². The van der Waals surface area contributed by atoms with Crippen molar-refractivity contribution in [2.45, 2.75) is 72.0 Å². The summed E-state index contributed by atoms with van der Waals surface area (Å²) in [7, 11) is 0. The maximum Gasteiger partial charge on any atom is 0.338 e. The second-order valence-corrected chi connectivity index (χ2v) is 14.9. The lowest BCUT2D eigenvalue weighted by Gasteiger charge is -2.67. The molecule has 4 aliphatic rings. The van der Waals surface area contributed by atoms with Gasteiger partial charge < -0.3 is 13.9 Å². The molecule has 2 aromatic carbocycles. The van der Waals surface area contributed by atoms with Crippen LogP contribution in [0, 0.1) is 33.5 Å². The first-order valence-electron chi connectivity index (χ1n) is 16.4. The van der Waals surface area contributed by atoms with Crippen LogP contribution in [0.5, 0.6) is 0 Å². The van der Waals surface area contributed by atoms with E-state index in [9.17, 15) is 14.4 Å². The zero-order valence-corrected chi connectivity index (χ0v) is 27.2. The number of carbonyl (C=O) groups excluding carboxylic acids is 3. The maximum absolute atomic E-state index is 14.0. The zero-order valence-electron chi connectivity index (χ0n) is 27.2. The number of hydrogen-bond acceptors (Lipinski definition) is 6. The van der Waals surface area contributed by atoms with Crippen molar-refractivity contribution in [2.75, 3.05) is 0 Å². The van der Waals surface area contributed by atoms with Crippen LogP contribution in [0.1, 0.15) is 86.1 Å². The topological polar surface area (TPSA) is 82.8 Å². The van der Waals surface area contributed by atoms with Crippen molar-refractivity contribution in [3.63, 3.8) is 0 Å². The molecule has 46 heavy (non-hydrogen) atoms. The Morgan fingerprint density at radius 3 is 2.09 bits per heavy atom. The Hall–Kier alpha value is -4.19. The van der Waals surface area contributed by atoms with E-state index in [4.69, 9.17) is 13.9 Å². The van der Waals surface area contributed by atoms with Gasteiger partial charge in [-0.1, -0.05) is 88.7 Å². The van der Waals surface area contributed by atoms with Crippen molar-refractivity contribution in [1.29, 1.82) is 0 Å². The number of allylic oxidation sites excluding steroid dienone is 3. The molecule has 1 aromatic heterocycles. The predicted octanol–water partition coefficient (Wildman–Crippen LogP) is 8.37. The Kier molecular flexibility index (Phi) is 7.07. The zero-order chi connectivity index (χ0) is 32.5. The third kappa shape index (κ3) is 4.32. The normalized spacial score (nSPS) is 35.7. The van der Waals surface area contributed by atoms with Crippen LogP contribution < -0.4 is 0 Å². The summed E-state index contributed by atoms with van der Waals surface area (Å²) in [6, 6.07) is 19.9. The molecule has 0 N–H and O–H groups in total. The molecule has 0 amide bonds. The molecule has 238 valence electrons. The summed E-state index contributed by atoms with van der Waals surface area (Å²) in [4.78, 5) is 41.7. The van der Waals surface area contributed by atoms with Gasteiger partial charge in [-0.15, -0.1) is 0 Å². The molecule has 0 saturated heterocycles. The first-order valence-corrected chi connectivity index (χ1v) is 16.4. The van der Waals surface area contributed by atoms with Crippen LogP contribution in [0.25, 0.3) is 0 Å². The van der Waals surface area contributed by atoms with Crippen molar-refractivity contribution >= 4 is 17.7 Å². The maximum atomic E-state index is 14.0. The molecule has 2 fully saturated rings. The highest BCUT2D eigenvalue weighted by Gasteiger charge is 2.72. The van der Waals surface area contributed by atoms with Gasteiger partial charge in [0, 0.05) is 16.7 Å². The smallest absolute Gasteiger partial charge is 0.338 e. The summed E-state index contributed by atoms with van der Waals surface area (Å²) in [6.45, 7) is 10.6. The lowest BCUT2D eigenvalue weighted by molar-refractivity contribution is -0.216. The molecule has 6 nitrogen and oxygen atoms in total. The fraction of sp³-hybridized carbons (Fsp3) is 0.425. The number of benzene rings is 2. The Bertz CT molecular complexity index is 1720. The van der Waals surface area contributed by atoms with Crippen LogP contribution in [0.4, 0.5) is 0 Å². The largest absolute Gasteiger partial charge is 0.472 e. The van der Waals surface area contributed by atoms with E-state index in [1.54, 1.807) is 48.7 Å². The van der Waals surface area contributed by atoms with Crippen LogP contribution >= 0.6 is 0 Å². The van der Waals surface area contributed by atoms with Gasteiger partial charge in [0.1, 0.15) is 12.2 Å². The van der Waals surface area contributed by atoms with Gasteiger partial charge >= 0.3 is 11.9 Å². The number of hydrogen-bond donors (Lipinski definition) is 0. The predicted molar refractivity (Wildman–Crippen MR) is 174 cm³/mol. The minimum atomic E-state index is -0.897. The fourth-order valence-electron chi connectivity index (χ4n) is 10.2. The average molecular weight is 619 g/mol. The standard InChI is InChI=1S/C40H42O6/c1-37(2)31(41)19-22-39(4)30-18-21-38(3)28(27-20-23-44-24-27)16-17-29(38)40(30,5)34(46-36(43)26-14-10-7-11-15-26)32(33(37)39)45-35(42)25-12-8-6-9-13-25/h6-15,17,19-20,22-24,28,30,32-34H,16,18,21H2,1-5H3/t28-,30+,32+,33-,34+,38-,39+,40-/m0/s1. The molecule has 0 unspecified atom stereocenters. The summed E-state index contributed by atoms with van der Waals surface area (Å²) in [5.41, 5.74) is 0.887. The molecule has 3 aromatic rings. The summed E-state index contributed by atoms with van der Waals surface area (Å²) < 4.78 is 18.8. The van der Waals surface area contributed by atoms with Crippen LogP contribution in [-0.2, 0) is 14.3 Å². The van der Waals surface area contributed by atoms with Crippen LogP contribution in [0.3, 0.4) is 0 Å². The summed E-state index contributed by atoms with van der Waals surface area (Å²) in [5.74, 6) is -1.20. The first-order chi connectivity index (χ1) is 21.9. The number of furan rings is 1. The second-order valence-electron chi connectivity index (χ2n) is 14.9. The molecule has 1 heterocycles. The van der Waals surface area contributed by atoms with E-state index in [0.717, 1.165) is 24.8 Å². The van der Waals surface area contributed by atoms with E-state index in [-0.39, 0.29) is 23.0 Å². The number of ketones is 1. The number of fused-ring (bicyclic) bond motifs is 5. The fourth-order valence-corrected chi connectivity index (χ4v) is 10.2. The van der Waals surface area contributed by atoms with Crippen molar-refractivity contribution < 1.29 is 28.3 Å².